The van der Waals surface area contributed by atoms with Crippen LogP contribution >= 0.6 is 11.6 Å². The smallest absolute Gasteiger partial charge is 0.410 e. The number of para-hydroxylation sites is 1. The van der Waals surface area contributed by atoms with Crippen molar-refractivity contribution in [3.05, 3.63) is 64.7 Å². The Morgan fingerprint density at radius 3 is 2.39 bits per heavy atom. The van der Waals surface area contributed by atoms with Crippen molar-refractivity contribution < 1.29 is 9.53 Å². The molecule has 0 N–H and O–H groups in total. The zero-order chi connectivity index (χ0) is 23.6. The summed E-state index contributed by atoms with van der Waals surface area (Å²) in [5.41, 5.74) is 3.52. The zero-order valence-corrected chi connectivity index (χ0v) is 21.0. The van der Waals surface area contributed by atoms with Gasteiger partial charge in [-0.2, -0.15) is 0 Å². The van der Waals surface area contributed by atoms with Crippen molar-refractivity contribution in [3.63, 3.8) is 0 Å². The average molecular weight is 470 g/mol. The van der Waals surface area contributed by atoms with E-state index < -0.39 is 5.60 Å². The molecule has 178 valence electrons. The Morgan fingerprint density at radius 1 is 1.06 bits per heavy atom. The molecular formula is C27H36ClN3O2. The van der Waals surface area contributed by atoms with Crippen molar-refractivity contribution >= 4 is 23.4 Å². The lowest BCUT2D eigenvalue weighted by Gasteiger charge is -2.42. The minimum Gasteiger partial charge on any atom is -0.444 e. The van der Waals surface area contributed by atoms with Crippen LogP contribution in [-0.4, -0.2) is 60.3 Å². The van der Waals surface area contributed by atoms with Crippen LogP contribution in [0.1, 0.15) is 44.7 Å². The van der Waals surface area contributed by atoms with Crippen molar-refractivity contribution in [2.24, 2.45) is 0 Å². The molecule has 33 heavy (non-hydrogen) atoms. The molecule has 0 aromatic heterocycles. The molecule has 0 unspecified atom stereocenters. The highest BCUT2D eigenvalue weighted by Gasteiger charge is 2.35. The minimum absolute atomic E-state index is 0.195. The van der Waals surface area contributed by atoms with Gasteiger partial charge in [-0.05, 0) is 69.4 Å². The molecule has 1 saturated heterocycles. The number of rotatable bonds is 3. The third kappa shape index (κ3) is 6.01. The van der Waals surface area contributed by atoms with Crippen molar-refractivity contribution in [3.8, 4) is 0 Å². The lowest BCUT2D eigenvalue weighted by Crippen LogP contribution is -2.52. The van der Waals surface area contributed by atoms with Crippen molar-refractivity contribution in [1.29, 1.82) is 0 Å². The molecule has 2 aromatic rings. The molecule has 0 bridgehead atoms. The Bertz CT molecular complexity index is 949. The lowest BCUT2D eigenvalue weighted by molar-refractivity contribution is 0.0103. The van der Waals surface area contributed by atoms with Crippen LogP contribution in [0, 0.1) is 0 Å². The van der Waals surface area contributed by atoms with Crippen molar-refractivity contribution in [1.82, 2.24) is 9.80 Å². The maximum Gasteiger partial charge on any atom is 0.410 e. The number of carbonyl (C=O) groups is 1. The zero-order valence-electron chi connectivity index (χ0n) is 20.3. The number of likely N-dealkylation sites (N-methyl/N-ethyl adjacent to an activating group) is 1. The second-order valence-electron chi connectivity index (χ2n) is 10.4. The number of fused-ring (bicyclic) bond motifs is 1. The van der Waals surface area contributed by atoms with E-state index in [0.717, 1.165) is 50.5 Å². The number of ether oxygens (including phenoxy) is 1. The summed E-state index contributed by atoms with van der Waals surface area (Å²) in [5.74, 6) is 0. The molecule has 1 fully saturated rings. The molecule has 0 aliphatic carbocycles. The standard InChI is InChI=1S/C27H36ClN3O2/c1-27(2,3)33-26(32)30-15-13-23(14-16-30)31-18-21-7-5-6-8-25(21)29(4)19-24(31)17-20-9-11-22(28)12-10-20/h5-12,23-24H,13-19H2,1-4H3/t24-/m0/s1. The van der Waals surface area contributed by atoms with Crippen LogP contribution in [0.25, 0.3) is 0 Å². The number of hydrogen-bond donors (Lipinski definition) is 0. The number of likely N-dealkylation sites (tertiary alicyclic amines) is 1. The molecule has 1 amide bonds. The van der Waals surface area contributed by atoms with Crippen LogP contribution in [0.2, 0.25) is 5.02 Å². The van der Waals surface area contributed by atoms with E-state index in [1.807, 2.05) is 37.8 Å². The largest absolute Gasteiger partial charge is 0.444 e. The van der Waals surface area contributed by atoms with E-state index in [9.17, 15) is 4.79 Å². The summed E-state index contributed by atoms with van der Waals surface area (Å²) in [7, 11) is 2.20. The van der Waals surface area contributed by atoms with Gasteiger partial charge in [0.15, 0.2) is 0 Å². The summed E-state index contributed by atoms with van der Waals surface area (Å²) in [6.45, 7) is 9.13. The van der Waals surface area contributed by atoms with E-state index in [2.05, 4.69) is 53.2 Å². The number of amides is 1. The number of benzene rings is 2. The van der Waals surface area contributed by atoms with Gasteiger partial charge in [-0.15, -0.1) is 0 Å². The van der Waals surface area contributed by atoms with Gasteiger partial charge in [-0.25, -0.2) is 4.79 Å². The second-order valence-corrected chi connectivity index (χ2v) is 10.8. The molecule has 2 aromatic carbocycles. The molecule has 5 nitrogen and oxygen atoms in total. The first-order valence-electron chi connectivity index (χ1n) is 12.0. The highest BCUT2D eigenvalue weighted by Crippen LogP contribution is 2.31. The van der Waals surface area contributed by atoms with Crippen LogP contribution in [0.5, 0.6) is 0 Å². The van der Waals surface area contributed by atoms with Gasteiger partial charge in [0, 0.05) is 56.0 Å². The summed E-state index contributed by atoms with van der Waals surface area (Å²) in [6.07, 6.45) is 2.70. The number of piperidine rings is 1. The summed E-state index contributed by atoms with van der Waals surface area (Å²) < 4.78 is 5.60. The predicted octanol–water partition coefficient (Wildman–Crippen LogP) is 5.60. The van der Waals surface area contributed by atoms with Crippen molar-refractivity contribution in [2.75, 3.05) is 31.6 Å². The molecule has 2 aliphatic rings. The van der Waals surface area contributed by atoms with E-state index in [-0.39, 0.29) is 6.09 Å². The first-order valence-corrected chi connectivity index (χ1v) is 12.3. The highest BCUT2D eigenvalue weighted by atomic mass is 35.5. The van der Waals surface area contributed by atoms with E-state index in [0.29, 0.717) is 12.1 Å². The van der Waals surface area contributed by atoms with E-state index in [1.54, 1.807) is 0 Å². The predicted molar refractivity (Wildman–Crippen MR) is 135 cm³/mol. The van der Waals surface area contributed by atoms with Gasteiger partial charge in [0.1, 0.15) is 5.60 Å². The fraction of sp³-hybridized carbons (Fsp3) is 0.519. The van der Waals surface area contributed by atoms with Crippen molar-refractivity contribution in [2.45, 2.75) is 64.3 Å². The lowest BCUT2D eigenvalue weighted by atomic mass is 9.97. The molecule has 1 atom stereocenters. The Balaban J connectivity index is 1.52. The first kappa shape index (κ1) is 23.9. The first-order chi connectivity index (χ1) is 15.7. The van der Waals surface area contributed by atoms with Gasteiger partial charge in [-0.3, -0.25) is 4.90 Å². The fourth-order valence-corrected chi connectivity index (χ4v) is 5.20. The quantitative estimate of drug-likeness (QED) is 0.586. The highest BCUT2D eigenvalue weighted by molar-refractivity contribution is 6.30. The number of nitrogens with zero attached hydrogens (tertiary/aromatic N) is 3. The molecular weight excluding hydrogens is 434 g/mol. The Labute approximate surface area is 203 Å². The van der Waals surface area contributed by atoms with Crippen LogP contribution in [0.4, 0.5) is 10.5 Å². The van der Waals surface area contributed by atoms with E-state index in [1.165, 1.54) is 16.8 Å². The third-order valence-electron chi connectivity index (χ3n) is 6.68. The Hall–Kier alpha value is -2.24. The van der Waals surface area contributed by atoms with Crippen LogP contribution in [0.3, 0.4) is 0 Å². The molecule has 6 heteroatoms. The molecule has 2 aliphatic heterocycles. The Kier molecular flexibility index (Phi) is 7.20. The monoisotopic (exact) mass is 469 g/mol. The number of halogens is 1. The fourth-order valence-electron chi connectivity index (χ4n) is 5.07. The molecule has 0 spiro atoms. The summed E-state index contributed by atoms with van der Waals surface area (Å²) >= 11 is 6.13. The number of carbonyl (C=O) groups excluding carboxylic acids is 1. The SMILES string of the molecule is CN1C[C@H](Cc2ccc(Cl)cc2)N(C2CCN(C(=O)OC(C)(C)C)CC2)Cc2ccccc21. The molecule has 2 heterocycles. The van der Waals surface area contributed by atoms with Crippen LogP contribution in [0.15, 0.2) is 48.5 Å². The van der Waals surface area contributed by atoms with Gasteiger partial charge >= 0.3 is 6.09 Å². The van der Waals surface area contributed by atoms with Gasteiger partial charge < -0.3 is 14.5 Å². The molecule has 0 saturated carbocycles. The minimum atomic E-state index is -0.462. The van der Waals surface area contributed by atoms with Gasteiger partial charge in [0.05, 0.1) is 0 Å². The maximum absolute atomic E-state index is 12.6. The van der Waals surface area contributed by atoms with Crippen LogP contribution < -0.4 is 4.90 Å². The summed E-state index contributed by atoms with van der Waals surface area (Å²) in [4.78, 5) is 19.5. The molecule has 0 radical (unpaired) electrons. The Morgan fingerprint density at radius 2 is 1.73 bits per heavy atom. The van der Waals surface area contributed by atoms with E-state index >= 15 is 0 Å². The summed E-state index contributed by atoms with van der Waals surface area (Å²) in [6, 6.07) is 17.8. The normalized spacial score (nSPS) is 20.3. The third-order valence-corrected chi connectivity index (χ3v) is 6.93. The molecule has 4 rings (SSSR count). The topological polar surface area (TPSA) is 36.0 Å². The van der Waals surface area contributed by atoms with Crippen LogP contribution in [-0.2, 0) is 17.7 Å². The van der Waals surface area contributed by atoms with E-state index in [4.69, 9.17) is 16.3 Å². The summed E-state index contributed by atoms with van der Waals surface area (Å²) in [5, 5.41) is 0.774. The maximum atomic E-state index is 12.6. The number of anilines is 1. The second kappa shape index (κ2) is 9.94. The number of hydrogen-bond acceptors (Lipinski definition) is 4. The van der Waals surface area contributed by atoms with Gasteiger partial charge in [0.2, 0.25) is 0 Å². The van der Waals surface area contributed by atoms with Gasteiger partial charge in [0.25, 0.3) is 0 Å². The van der Waals surface area contributed by atoms with Gasteiger partial charge in [-0.1, -0.05) is 41.9 Å². The average Bonchev–Trinajstić information content (AvgIpc) is 2.91.